The molecule has 4 nitrogen and oxygen atoms in total. The lowest BCUT2D eigenvalue weighted by Crippen LogP contribution is -2.46. The van der Waals surface area contributed by atoms with Crippen molar-refractivity contribution in [1.29, 1.82) is 0 Å². The smallest absolute Gasteiger partial charge is 0.243 e. The summed E-state index contributed by atoms with van der Waals surface area (Å²) in [5.74, 6) is 1.20. The van der Waals surface area contributed by atoms with Crippen molar-refractivity contribution in [2.45, 2.75) is 77.3 Å². The van der Waals surface area contributed by atoms with E-state index in [9.17, 15) is 9.59 Å². The Morgan fingerprint density at radius 2 is 2.00 bits per heavy atom. The number of nitrogens with zero attached hydrogens (tertiary/aromatic N) is 1. The van der Waals surface area contributed by atoms with E-state index in [1.807, 2.05) is 11.0 Å². The maximum absolute atomic E-state index is 12.6. The van der Waals surface area contributed by atoms with Gasteiger partial charge in [-0.1, -0.05) is 19.9 Å². The van der Waals surface area contributed by atoms with Crippen molar-refractivity contribution < 1.29 is 9.59 Å². The molecule has 0 bridgehead atoms. The van der Waals surface area contributed by atoms with Gasteiger partial charge in [0.1, 0.15) is 6.04 Å². The number of likely N-dealkylation sites (tertiary alicyclic amines) is 1. The third-order valence-corrected chi connectivity index (χ3v) is 4.99. The first-order chi connectivity index (χ1) is 11.0. The Kier molecular flexibility index (Phi) is 6.67. The maximum atomic E-state index is 12.6. The average molecular weight is 320 g/mol. The Bertz CT molecular complexity index is 431. The molecule has 2 aliphatic rings. The van der Waals surface area contributed by atoms with Crippen molar-refractivity contribution in [2.24, 2.45) is 11.8 Å². The van der Waals surface area contributed by atoms with Gasteiger partial charge in [-0.25, -0.2) is 0 Å². The van der Waals surface area contributed by atoms with Crippen molar-refractivity contribution in [3.63, 3.8) is 0 Å². The molecule has 2 unspecified atom stereocenters. The molecule has 23 heavy (non-hydrogen) atoms. The first-order valence-electron chi connectivity index (χ1n) is 9.22. The molecule has 1 aliphatic carbocycles. The van der Waals surface area contributed by atoms with Crippen LogP contribution in [0.15, 0.2) is 12.7 Å². The molecule has 2 amide bonds. The van der Waals surface area contributed by atoms with Crippen LogP contribution >= 0.6 is 0 Å². The normalized spacial score (nSPS) is 23.4. The molecule has 1 saturated carbocycles. The van der Waals surface area contributed by atoms with Crippen LogP contribution in [0.5, 0.6) is 0 Å². The first-order valence-corrected chi connectivity index (χ1v) is 9.22. The summed E-state index contributed by atoms with van der Waals surface area (Å²) in [7, 11) is 0. The highest BCUT2D eigenvalue weighted by molar-refractivity contribution is 5.88. The van der Waals surface area contributed by atoms with Gasteiger partial charge in [-0.15, -0.1) is 6.58 Å². The SMILES string of the molecule is C=CCC[C@@H](C)CC(C)CC(=O)N1CCCC1C(=O)NC1CC1. The summed E-state index contributed by atoms with van der Waals surface area (Å²) in [6.07, 6.45) is 9.69. The van der Waals surface area contributed by atoms with Crippen LogP contribution in [-0.2, 0) is 9.59 Å². The van der Waals surface area contributed by atoms with Crippen LogP contribution < -0.4 is 5.32 Å². The van der Waals surface area contributed by atoms with Gasteiger partial charge < -0.3 is 10.2 Å². The molecule has 2 rings (SSSR count). The van der Waals surface area contributed by atoms with E-state index in [1.54, 1.807) is 0 Å². The van der Waals surface area contributed by atoms with Crippen LogP contribution in [0.1, 0.15) is 65.2 Å². The topological polar surface area (TPSA) is 49.4 Å². The molecule has 0 aromatic carbocycles. The van der Waals surface area contributed by atoms with Gasteiger partial charge in [0.15, 0.2) is 0 Å². The largest absolute Gasteiger partial charge is 0.352 e. The van der Waals surface area contributed by atoms with Gasteiger partial charge in [0.05, 0.1) is 0 Å². The highest BCUT2D eigenvalue weighted by Crippen LogP contribution is 2.25. The maximum Gasteiger partial charge on any atom is 0.243 e. The number of nitrogens with one attached hydrogen (secondary N) is 1. The first kappa shape index (κ1) is 18.0. The standard InChI is InChI=1S/C19H32N2O2/c1-4-5-7-14(2)12-15(3)13-18(22)21-11-6-8-17(21)19(23)20-16-9-10-16/h4,14-17H,1,5-13H2,2-3H3,(H,20,23)/t14-,15?,17?/m1/s1. The molecule has 1 N–H and O–H groups in total. The summed E-state index contributed by atoms with van der Waals surface area (Å²) in [5, 5.41) is 3.05. The lowest BCUT2D eigenvalue weighted by molar-refractivity contribution is -0.139. The molecule has 0 spiro atoms. The summed E-state index contributed by atoms with van der Waals surface area (Å²) < 4.78 is 0. The van der Waals surface area contributed by atoms with E-state index in [4.69, 9.17) is 0 Å². The predicted molar refractivity (Wildman–Crippen MR) is 92.9 cm³/mol. The number of rotatable bonds is 9. The van der Waals surface area contributed by atoms with Gasteiger partial charge in [0.25, 0.3) is 0 Å². The minimum Gasteiger partial charge on any atom is -0.352 e. The lowest BCUT2D eigenvalue weighted by atomic mass is 9.91. The summed E-state index contributed by atoms with van der Waals surface area (Å²) in [6.45, 7) is 8.89. The Balaban J connectivity index is 1.78. The third-order valence-electron chi connectivity index (χ3n) is 4.99. The highest BCUT2D eigenvalue weighted by atomic mass is 16.2. The minimum absolute atomic E-state index is 0.0605. The number of carbonyl (C=O) groups is 2. The molecule has 0 radical (unpaired) electrons. The van der Waals surface area contributed by atoms with Crippen LogP contribution in [0.2, 0.25) is 0 Å². The zero-order valence-corrected chi connectivity index (χ0v) is 14.7. The second kappa shape index (κ2) is 8.51. The summed E-state index contributed by atoms with van der Waals surface area (Å²) in [5.41, 5.74) is 0. The molecule has 0 aromatic heterocycles. The molecule has 4 heteroatoms. The van der Waals surface area contributed by atoms with Crippen molar-refractivity contribution in [3.05, 3.63) is 12.7 Å². The van der Waals surface area contributed by atoms with Crippen LogP contribution in [-0.4, -0.2) is 35.3 Å². The molecule has 1 saturated heterocycles. The number of hydrogen-bond acceptors (Lipinski definition) is 2. The number of amides is 2. The summed E-state index contributed by atoms with van der Waals surface area (Å²) >= 11 is 0. The molecular weight excluding hydrogens is 288 g/mol. The van der Waals surface area contributed by atoms with E-state index >= 15 is 0 Å². The van der Waals surface area contributed by atoms with E-state index < -0.39 is 0 Å². The van der Waals surface area contributed by atoms with Crippen molar-refractivity contribution >= 4 is 11.8 Å². The van der Waals surface area contributed by atoms with E-state index in [0.717, 1.165) is 51.5 Å². The fraction of sp³-hybridized carbons (Fsp3) is 0.789. The number of allylic oxidation sites excluding steroid dienone is 1. The Morgan fingerprint density at radius 1 is 1.26 bits per heavy atom. The van der Waals surface area contributed by atoms with Crippen LogP contribution in [0.3, 0.4) is 0 Å². The summed E-state index contributed by atoms with van der Waals surface area (Å²) in [4.78, 5) is 26.7. The zero-order valence-electron chi connectivity index (χ0n) is 14.7. The Hall–Kier alpha value is -1.32. The molecule has 130 valence electrons. The molecule has 2 fully saturated rings. The van der Waals surface area contributed by atoms with Gasteiger partial charge in [-0.2, -0.15) is 0 Å². The van der Waals surface area contributed by atoms with E-state index in [2.05, 4.69) is 25.7 Å². The Morgan fingerprint density at radius 3 is 2.65 bits per heavy atom. The fourth-order valence-corrected chi connectivity index (χ4v) is 3.57. The third kappa shape index (κ3) is 5.67. The van der Waals surface area contributed by atoms with E-state index in [1.165, 1.54) is 0 Å². The van der Waals surface area contributed by atoms with Gasteiger partial charge in [0.2, 0.25) is 11.8 Å². The van der Waals surface area contributed by atoms with Crippen LogP contribution in [0, 0.1) is 11.8 Å². The average Bonchev–Trinajstić information content (AvgIpc) is 3.16. The molecule has 1 heterocycles. The fourth-order valence-electron chi connectivity index (χ4n) is 3.57. The van der Waals surface area contributed by atoms with Crippen LogP contribution in [0.25, 0.3) is 0 Å². The summed E-state index contributed by atoms with van der Waals surface area (Å²) in [6, 6.07) is 0.137. The van der Waals surface area contributed by atoms with E-state index in [-0.39, 0.29) is 17.9 Å². The van der Waals surface area contributed by atoms with Gasteiger partial charge >= 0.3 is 0 Å². The molecular formula is C19H32N2O2. The predicted octanol–water partition coefficient (Wildman–Crippen LogP) is 3.27. The molecule has 0 aromatic rings. The lowest BCUT2D eigenvalue weighted by Gasteiger charge is -2.26. The van der Waals surface area contributed by atoms with Crippen molar-refractivity contribution in [1.82, 2.24) is 10.2 Å². The zero-order chi connectivity index (χ0) is 16.8. The number of carbonyl (C=O) groups excluding carboxylic acids is 2. The quantitative estimate of drug-likeness (QED) is 0.663. The second-order valence-electron chi connectivity index (χ2n) is 7.54. The van der Waals surface area contributed by atoms with Crippen molar-refractivity contribution in [3.8, 4) is 0 Å². The van der Waals surface area contributed by atoms with Gasteiger partial charge in [0, 0.05) is 19.0 Å². The van der Waals surface area contributed by atoms with Gasteiger partial charge in [-0.3, -0.25) is 9.59 Å². The minimum atomic E-state index is -0.228. The van der Waals surface area contributed by atoms with E-state index in [0.29, 0.717) is 24.3 Å². The molecule has 3 atom stereocenters. The van der Waals surface area contributed by atoms with Crippen molar-refractivity contribution in [2.75, 3.05) is 6.54 Å². The highest BCUT2D eigenvalue weighted by Gasteiger charge is 2.36. The van der Waals surface area contributed by atoms with Crippen LogP contribution in [0.4, 0.5) is 0 Å². The molecule has 1 aliphatic heterocycles. The monoisotopic (exact) mass is 320 g/mol. The second-order valence-corrected chi connectivity index (χ2v) is 7.54. The van der Waals surface area contributed by atoms with Gasteiger partial charge in [-0.05, 0) is 56.8 Å². The number of hydrogen-bond donors (Lipinski definition) is 1. The Labute approximate surface area is 140 Å².